The number of urea groups is 1. The Morgan fingerprint density at radius 1 is 1.52 bits per heavy atom. The van der Waals surface area contributed by atoms with E-state index in [1.807, 2.05) is 26.2 Å². The Morgan fingerprint density at radius 3 is 2.91 bits per heavy atom. The first kappa shape index (κ1) is 17.4. The molecule has 2 heterocycles. The van der Waals surface area contributed by atoms with E-state index in [4.69, 9.17) is 4.74 Å². The standard InChI is InChI=1S/C15H23N5O2S/c1-5-15(3,13-16-11(2)10-23-13)18-14(21)17-12-6-7-20(19-12)8-9-22-4/h6-7,10H,5,8-9H2,1-4H3,(H2,17,18,19,21)/t15-/m0/s1. The molecule has 0 fully saturated rings. The zero-order valence-corrected chi connectivity index (χ0v) is 14.7. The van der Waals surface area contributed by atoms with Crippen LogP contribution in [0.25, 0.3) is 0 Å². The van der Waals surface area contributed by atoms with Crippen molar-refractivity contribution in [2.75, 3.05) is 19.0 Å². The fraction of sp³-hybridized carbons (Fsp3) is 0.533. The van der Waals surface area contributed by atoms with Crippen molar-refractivity contribution in [3.63, 3.8) is 0 Å². The molecular formula is C15H23N5O2S. The second-order valence-corrected chi connectivity index (χ2v) is 6.37. The molecule has 0 saturated carbocycles. The van der Waals surface area contributed by atoms with Gasteiger partial charge in [0.1, 0.15) is 5.01 Å². The van der Waals surface area contributed by atoms with Crippen molar-refractivity contribution in [1.82, 2.24) is 20.1 Å². The van der Waals surface area contributed by atoms with E-state index in [1.54, 1.807) is 35.4 Å². The van der Waals surface area contributed by atoms with Crippen LogP contribution in [-0.4, -0.2) is 34.5 Å². The lowest BCUT2D eigenvalue weighted by Gasteiger charge is -2.27. The van der Waals surface area contributed by atoms with Gasteiger partial charge < -0.3 is 10.1 Å². The number of nitrogens with one attached hydrogen (secondary N) is 2. The van der Waals surface area contributed by atoms with E-state index in [2.05, 4.69) is 20.7 Å². The number of rotatable bonds is 7. The summed E-state index contributed by atoms with van der Waals surface area (Å²) in [6.07, 6.45) is 2.55. The number of carbonyl (C=O) groups excluding carboxylic acids is 1. The van der Waals surface area contributed by atoms with E-state index in [1.165, 1.54) is 0 Å². The predicted molar refractivity (Wildman–Crippen MR) is 90.8 cm³/mol. The average Bonchev–Trinajstić information content (AvgIpc) is 3.14. The predicted octanol–water partition coefficient (Wildman–Crippen LogP) is 2.74. The Labute approximate surface area is 140 Å². The van der Waals surface area contributed by atoms with Gasteiger partial charge in [-0.25, -0.2) is 9.78 Å². The molecule has 0 spiro atoms. The van der Waals surface area contributed by atoms with Gasteiger partial charge in [0.2, 0.25) is 0 Å². The Kier molecular flexibility index (Phi) is 5.73. The smallest absolute Gasteiger partial charge is 0.321 e. The third kappa shape index (κ3) is 4.52. The van der Waals surface area contributed by atoms with Crippen LogP contribution in [0.4, 0.5) is 10.6 Å². The third-order valence-corrected chi connectivity index (χ3v) is 4.82. The van der Waals surface area contributed by atoms with Gasteiger partial charge in [-0.1, -0.05) is 6.92 Å². The van der Waals surface area contributed by atoms with Crippen molar-refractivity contribution in [2.45, 2.75) is 39.3 Å². The van der Waals surface area contributed by atoms with Crippen LogP contribution >= 0.6 is 11.3 Å². The lowest BCUT2D eigenvalue weighted by atomic mass is 10.0. The molecule has 126 valence electrons. The molecule has 2 rings (SSSR count). The van der Waals surface area contributed by atoms with E-state index in [-0.39, 0.29) is 6.03 Å². The number of hydrogen-bond acceptors (Lipinski definition) is 5. The molecule has 0 aromatic carbocycles. The van der Waals surface area contributed by atoms with Crippen LogP contribution in [0.15, 0.2) is 17.6 Å². The topological polar surface area (TPSA) is 81.1 Å². The molecule has 0 aliphatic heterocycles. The molecule has 23 heavy (non-hydrogen) atoms. The molecule has 2 N–H and O–H groups in total. The molecular weight excluding hydrogens is 314 g/mol. The summed E-state index contributed by atoms with van der Waals surface area (Å²) >= 11 is 1.56. The summed E-state index contributed by atoms with van der Waals surface area (Å²) in [6.45, 7) is 7.16. The van der Waals surface area contributed by atoms with E-state index < -0.39 is 5.54 Å². The van der Waals surface area contributed by atoms with Crippen LogP contribution in [0.1, 0.15) is 31.0 Å². The second kappa shape index (κ2) is 7.56. The van der Waals surface area contributed by atoms with E-state index in [0.29, 0.717) is 19.0 Å². The number of methoxy groups -OCH3 is 1. The van der Waals surface area contributed by atoms with Crippen LogP contribution in [-0.2, 0) is 16.8 Å². The lowest BCUT2D eigenvalue weighted by Crippen LogP contribution is -2.45. The maximum Gasteiger partial charge on any atom is 0.321 e. The van der Waals surface area contributed by atoms with Crippen LogP contribution in [0.2, 0.25) is 0 Å². The number of thiazole rings is 1. The highest BCUT2D eigenvalue weighted by Gasteiger charge is 2.29. The number of nitrogens with zero attached hydrogens (tertiary/aromatic N) is 3. The maximum atomic E-state index is 12.3. The van der Waals surface area contributed by atoms with Crippen molar-refractivity contribution in [3.05, 3.63) is 28.3 Å². The van der Waals surface area contributed by atoms with Crippen molar-refractivity contribution in [3.8, 4) is 0 Å². The van der Waals surface area contributed by atoms with Gasteiger partial charge in [-0.2, -0.15) is 5.10 Å². The summed E-state index contributed by atoms with van der Waals surface area (Å²) in [7, 11) is 1.64. The van der Waals surface area contributed by atoms with Gasteiger partial charge in [0.05, 0.1) is 18.7 Å². The molecule has 7 nitrogen and oxygen atoms in total. The van der Waals surface area contributed by atoms with E-state index in [0.717, 1.165) is 17.1 Å². The minimum absolute atomic E-state index is 0.292. The molecule has 2 aromatic heterocycles. The van der Waals surface area contributed by atoms with Crippen molar-refractivity contribution in [2.24, 2.45) is 0 Å². The number of hydrogen-bond donors (Lipinski definition) is 2. The van der Waals surface area contributed by atoms with Gasteiger partial charge in [-0.05, 0) is 20.3 Å². The summed E-state index contributed by atoms with van der Waals surface area (Å²) in [5.41, 5.74) is 0.463. The van der Waals surface area contributed by atoms with Gasteiger partial charge in [0, 0.05) is 30.4 Å². The molecule has 0 aliphatic rings. The Balaban J connectivity index is 1.98. The monoisotopic (exact) mass is 337 g/mol. The zero-order chi connectivity index (χ0) is 16.9. The first-order chi connectivity index (χ1) is 11.0. The highest BCUT2D eigenvalue weighted by atomic mass is 32.1. The number of aryl methyl sites for hydroxylation is 1. The molecule has 2 amide bonds. The van der Waals surface area contributed by atoms with Crippen molar-refractivity contribution < 1.29 is 9.53 Å². The van der Waals surface area contributed by atoms with Crippen LogP contribution in [0.3, 0.4) is 0 Å². The largest absolute Gasteiger partial charge is 0.383 e. The molecule has 8 heteroatoms. The summed E-state index contributed by atoms with van der Waals surface area (Å²) in [5, 5.41) is 12.9. The zero-order valence-electron chi connectivity index (χ0n) is 13.9. The van der Waals surface area contributed by atoms with Crippen LogP contribution in [0.5, 0.6) is 0 Å². The van der Waals surface area contributed by atoms with Gasteiger partial charge in [0.15, 0.2) is 5.82 Å². The average molecular weight is 337 g/mol. The van der Waals surface area contributed by atoms with Gasteiger partial charge >= 0.3 is 6.03 Å². The third-order valence-electron chi connectivity index (χ3n) is 3.59. The second-order valence-electron chi connectivity index (χ2n) is 5.52. The number of ether oxygens (including phenoxy) is 1. The minimum atomic E-state index is -0.498. The van der Waals surface area contributed by atoms with E-state index in [9.17, 15) is 4.79 Å². The molecule has 0 radical (unpaired) electrons. The van der Waals surface area contributed by atoms with E-state index >= 15 is 0 Å². The fourth-order valence-electron chi connectivity index (χ4n) is 2.04. The van der Waals surface area contributed by atoms with Crippen molar-refractivity contribution >= 4 is 23.2 Å². The highest BCUT2D eigenvalue weighted by molar-refractivity contribution is 7.09. The first-order valence-corrected chi connectivity index (χ1v) is 8.39. The highest BCUT2D eigenvalue weighted by Crippen LogP contribution is 2.27. The molecule has 0 saturated heterocycles. The van der Waals surface area contributed by atoms with Gasteiger partial charge in [-0.15, -0.1) is 11.3 Å². The fourth-order valence-corrected chi connectivity index (χ4v) is 3.02. The maximum absolute atomic E-state index is 12.3. The quantitative estimate of drug-likeness (QED) is 0.814. The molecule has 0 bridgehead atoms. The molecule has 2 aromatic rings. The number of amides is 2. The van der Waals surface area contributed by atoms with Crippen LogP contribution < -0.4 is 10.6 Å². The Hall–Kier alpha value is -1.93. The van der Waals surface area contributed by atoms with Gasteiger partial charge in [-0.3, -0.25) is 10.00 Å². The van der Waals surface area contributed by atoms with Crippen molar-refractivity contribution in [1.29, 1.82) is 0 Å². The van der Waals surface area contributed by atoms with Gasteiger partial charge in [0.25, 0.3) is 0 Å². The minimum Gasteiger partial charge on any atom is -0.383 e. The normalized spacial score (nSPS) is 13.6. The number of carbonyl (C=O) groups is 1. The van der Waals surface area contributed by atoms with Crippen LogP contribution in [0, 0.1) is 6.92 Å². The summed E-state index contributed by atoms with van der Waals surface area (Å²) in [5.74, 6) is 0.507. The summed E-state index contributed by atoms with van der Waals surface area (Å²) in [6, 6.07) is 1.46. The Morgan fingerprint density at radius 2 is 2.30 bits per heavy atom. The Bertz CT molecular complexity index is 654. The molecule has 0 aliphatic carbocycles. The lowest BCUT2D eigenvalue weighted by molar-refractivity contribution is 0.183. The molecule has 1 atom stereocenters. The number of aromatic nitrogens is 3. The SMILES string of the molecule is CC[C@](C)(NC(=O)Nc1ccn(CCOC)n1)c1nc(C)cs1. The molecule has 0 unspecified atom stereocenters. The summed E-state index contributed by atoms with van der Waals surface area (Å²) in [4.78, 5) is 16.8. The number of anilines is 1. The summed E-state index contributed by atoms with van der Waals surface area (Å²) < 4.78 is 6.73. The first-order valence-electron chi connectivity index (χ1n) is 7.51.